The highest BCUT2D eigenvalue weighted by Crippen LogP contribution is 2.38. The Bertz CT molecular complexity index is 999. The average molecular weight is 425 g/mol. The number of benzene rings is 2. The molecule has 1 amide bonds. The summed E-state index contributed by atoms with van der Waals surface area (Å²) in [6.07, 6.45) is 4.92. The van der Waals surface area contributed by atoms with Gasteiger partial charge in [0.2, 0.25) is 11.7 Å². The first-order valence-electron chi connectivity index (χ1n) is 9.88. The largest absolute Gasteiger partial charge is 0.493 e. The Morgan fingerprint density at radius 3 is 2.43 bits per heavy atom. The van der Waals surface area contributed by atoms with Gasteiger partial charge in [-0.2, -0.15) is 0 Å². The average Bonchev–Trinajstić information content (AvgIpc) is 3.21. The molecule has 3 aromatic rings. The number of amides is 1. The molecule has 1 aliphatic rings. The lowest BCUT2D eigenvalue weighted by Gasteiger charge is -2.32. The van der Waals surface area contributed by atoms with Crippen LogP contribution >= 0.6 is 11.3 Å². The normalized spacial score (nSPS) is 14.9. The molecule has 4 rings (SSSR count). The number of fused-ring (bicyclic) bond motifs is 1. The first-order chi connectivity index (χ1) is 14.7. The quantitative estimate of drug-likeness (QED) is 0.549. The van der Waals surface area contributed by atoms with Crippen molar-refractivity contribution in [3.63, 3.8) is 0 Å². The van der Waals surface area contributed by atoms with Gasteiger partial charge in [0.15, 0.2) is 11.5 Å². The van der Waals surface area contributed by atoms with Gasteiger partial charge >= 0.3 is 0 Å². The molecule has 0 spiro atoms. The Hall–Kier alpha value is -3.06. The molecule has 0 atom stereocenters. The monoisotopic (exact) mass is 424 g/mol. The third-order valence-corrected chi connectivity index (χ3v) is 6.10. The third kappa shape index (κ3) is 4.41. The van der Waals surface area contributed by atoms with Crippen molar-refractivity contribution in [2.24, 2.45) is 0 Å². The maximum Gasteiger partial charge on any atom is 0.246 e. The van der Waals surface area contributed by atoms with Gasteiger partial charge in [0.05, 0.1) is 24.4 Å². The van der Waals surface area contributed by atoms with Gasteiger partial charge in [0.1, 0.15) is 11.1 Å². The fourth-order valence-corrected chi connectivity index (χ4v) is 4.37. The van der Waals surface area contributed by atoms with Crippen molar-refractivity contribution in [1.29, 1.82) is 0 Å². The summed E-state index contributed by atoms with van der Waals surface area (Å²) >= 11 is 1.58. The van der Waals surface area contributed by atoms with E-state index >= 15 is 0 Å². The number of aromatic nitrogens is 1. The van der Waals surface area contributed by atoms with Gasteiger partial charge in [-0.05, 0) is 30.3 Å². The number of piperidine rings is 1. The van der Waals surface area contributed by atoms with Gasteiger partial charge in [-0.3, -0.25) is 4.79 Å². The smallest absolute Gasteiger partial charge is 0.246 e. The molecule has 0 aliphatic carbocycles. The number of carbonyl (C=O) groups is 1. The predicted molar refractivity (Wildman–Crippen MR) is 118 cm³/mol. The molecule has 0 saturated carbocycles. The summed E-state index contributed by atoms with van der Waals surface area (Å²) in [7, 11) is 3.22. The summed E-state index contributed by atoms with van der Waals surface area (Å²) < 4.78 is 18.1. The highest BCUT2D eigenvalue weighted by Gasteiger charge is 2.25. The minimum Gasteiger partial charge on any atom is -0.493 e. The second-order valence-corrected chi connectivity index (χ2v) is 8.05. The van der Waals surface area contributed by atoms with E-state index in [0.29, 0.717) is 30.3 Å². The molecular formula is C23H24N2O4S. The number of nitrogens with zero attached hydrogens (tertiary/aromatic N) is 2. The van der Waals surface area contributed by atoms with Gasteiger partial charge in [-0.15, -0.1) is 11.3 Å². The topological polar surface area (TPSA) is 60.9 Å². The molecule has 2 aromatic carbocycles. The Kier molecular flexibility index (Phi) is 6.18. The molecule has 1 aromatic heterocycles. The second kappa shape index (κ2) is 9.17. The van der Waals surface area contributed by atoms with Gasteiger partial charge in [-0.25, -0.2) is 4.98 Å². The Labute approximate surface area is 179 Å². The van der Waals surface area contributed by atoms with Gasteiger partial charge < -0.3 is 19.1 Å². The number of carbonyl (C=O) groups excluding carboxylic acids is 1. The first kappa shape index (κ1) is 20.2. The van der Waals surface area contributed by atoms with Crippen molar-refractivity contribution < 1.29 is 19.0 Å². The van der Waals surface area contributed by atoms with E-state index in [2.05, 4.69) is 4.98 Å². The van der Waals surface area contributed by atoms with Gasteiger partial charge in [0.25, 0.3) is 0 Å². The van der Waals surface area contributed by atoms with Crippen LogP contribution in [0.15, 0.2) is 48.5 Å². The number of hydrogen-bond donors (Lipinski definition) is 0. The molecule has 2 heterocycles. The molecule has 0 N–H and O–H groups in total. The molecule has 7 heteroatoms. The van der Waals surface area contributed by atoms with Crippen LogP contribution in [-0.2, 0) is 4.79 Å². The van der Waals surface area contributed by atoms with Crippen LogP contribution in [0.1, 0.15) is 17.8 Å². The van der Waals surface area contributed by atoms with Crippen LogP contribution < -0.4 is 14.2 Å². The number of hydrogen-bond acceptors (Lipinski definition) is 6. The van der Waals surface area contributed by atoms with Crippen molar-refractivity contribution in [1.82, 2.24) is 9.88 Å². The zero-order valence-corrected chi connectivity index (χ0v) is 17.9. The molecular weight excluding hydrogens is 400 g/mol. The fourth-order valence-electron chi connectivity index (χ4n) is 3.50. The van der Waals surface area contributed by atoms with Crippen molar-refractivity contribution in [3.05, 3.63) is 53.5 Å². The van der Waals surface area contributed by atoms with Crippen LogP contribution in [-0.4, -0.2) is 49.2 Å². The summed E-state index contributed by atoms with van der Waals surface area (Å²) in [5.74, 6) is 1.91. The van der Waals surface area contributed by atoms with Crippen molar-refractivity contribution in [2.45, 2.75) is 18.9 Å². The Morgan fingerprint density at radius 2 is 1.77 bits per heavy atom. The summed E-state index contributed by atoms with van der Waals surface area (Å²) in [4.78, 5) is 19.0. The number of methoxy groups -OCH3 is 2. The van der Waals surface area contributed by atoms with Gasteiger partial charge in [-0.1, -0.05) is 18.2 Å². The van der Waals surface area contributed by atoms with E-state index in [1.54, 1.807) is 37.7 Å². The zero-order chi connectivity index (χ0) is 20.9. The van der Waals surface area contributed by atoms with Crippen molar-refractivity contribution in [2.75, 3.05) is 27.3 Å². The maximum atomic E-state index is 12.6. The minimum atomic E-state index is 0.00239. The number of ether oxygens (including phenoxy) is 3. The summed E-state index contributed by atoms with van der Waals surface area (Å²) in [6.45, 7) is 1.29. The van der Waals surface area contributed by atoms with E-state index in [1.165, 1.54) is 0 Å². The second-order valence-electron chi connectivity index (χ2n) is 6.99. The van der Waals surface area contributed by atoms with Gasteiger partial charge in [0, 0.05) is 32.0 Å². The van der Waals surface area contributed by atoms with Crippen molar-refractivity contribution >= 4 is 33.5 Å². The molecule has 1 aliphatic heterocycles. The van der Waals surface area contributed by atoms with E-state index in [0.717, 1.165) is 28.1 Å². The molecule has 30 heavy (non-hydrogen) atoms. The Balaban J connectivity index is 1.35. The van der Waals surface area contributed by atoms with Crippen LogP contribution in [0.3, 0.4) is 0 Å². The number of rotatable bonds is 6. The highest BCUT2D eigenvalue weighted by molar-refractivity contribution is 7.19. The Morgan fingerprint density at radius 1 is 1.07 bits per heavy atom. The first-order valence-corrected chi connectivity index (χ1v) is 10.7. The standard InChI is InChI=1S/C23H24N2O4S/c1-27-18-7-5-8-19(28-2)23(18)29-16-12-14-25(15-13-16)22(26)11-10-21-24-17-6-3-4-9-20(17)30-21/h3-11,16H,12-15H2,1-2H3/b11-10+. The van der Waals surface area contributed by atoms with Crippen LogP contribution in [0.25, 0.3) is 16.3 Å². The maximum absolute atomic E-state index is 12.6. The molecule has 1 saturated heterocycles. The molecule has 0 bridgehead atoms. The number of thiazole rings is 1. The summed E-state index contributed by atoms with van der Waals surface area (Å²) in [6, 6.07) is 13.5. The number of para-hydroxylation sites is 2. The molecule has 156 valence electrons. The van der Waals surface area contributed by atoms with E-state index < -0.39 is 0 Å². The predicted octanol–water partition coefficient (Wildman–Crippen LogP) is 4.40. The summed E-state index contributed by atoms with van der Waals surface area (Å²) in [5, 5.41) is 0.839. The number of likely N-dealkylation sites (tertiary alicyclic amines) is 1. The summed E-state index contributed by atoms with van der Waals surface area (Å²) in [5.41, 5.74) is 0.958. The molecule has 0 radical (unpaired) electrons. The van der Waals surface area contributed by atoms with Crippen LogP contribution in [0.5, 0.6) is 17.2 Å². The lowest BCUT2D eigenvalue weighted by atomic mass is 10.1. The van der Waals surface area contributed by atoms with E-state index in [1.807, 2.05) is 47.4 Å². The third-order valence-electron chi connectivity index (χ3n) is 5.10. The van der Waals surface area contributed by atoms with E-state index in [4.69, 9.17) is 14.2 Å². The lowest BCUT2D eigenvalue weighted by molar-refractivity contribution is -0.127. The van der Waals surface area contributed by atoms with E-state index in [9.17, 15) is 4.79 Å². The fraction of sp³-hybridized carbons (Fsp3) is 0.304. The molecule has 1 fully saturated rings. The zero-order valence-electron chi connectivity index (χ0n) is 17.0. The molecule has 6 nitrogen and oxygen atoms in total. The van der Waals surface area contributed by atoms with Crippen molar-refractivity contribution in [3.8, 4) is 17.2 Å². The van der Waals surface area contributed by atoms with Crippen LogP contribution in [0.4, 0.5) is 0 Å². The van der Waals surface area contributed by atoms with E-state index in [-0.39, 0.29) is 12.0 Å². The van der Waals surface area contributed by atoms with Crippen LogP contribution in [0, 0.1) is 0 Å². The highest BCUT2D eigenvalue weighted by atomic mass is 32.1. The SMILES string of the molecule is COc1cccc(OC)c1OC1CCN(C(=O)/C=C/c2nc3ccccc3s2)CC1. The van der Waals surface area contributed by atoms with Crippen LogP contribution in [0.2, 0.25) is 0 Å². The molecule has 0 unspecified atom stereocenters. The lowest BCUT2D eigenvalue weighted by Crippen LogP contribution is -2.41. The minimum absolute atomic E-state index is 0.00239.